The lowest BCUT2D eigenvalue weighted by Gasteiger charge is -2.28. The molecule has 0 aliphatic carbocycles. The Morgan fingerprint density at radius 2 is 1.77 bits per heavy atom. The number of halogens is 4. The smallest absolute Gasteiger partial charge is 0.356 e. The van der Waals surface area contributed by atoms with Crippen molar-refractivity contribution in [3.8, 4) is 16.8 Å². The van der Waals surface area contributed by atoms with E-state index in [4.69, 9.17) is 4.52 Å². The van der Waals surface area contributed by atoms with Crippen molar-refractivity contribution in [1.29, 1.82) is 0 Å². The highest BCUT2D eigenvalue weighted by molar-refractivity contribution is 6.08. The van der Waals surface area contributed by atoms with Crippen LogP contribution < -0.4 is 4.90 Å². The Balaban J connectivity index is 1.26. The second-order valence-corrected chi connectivity index (χ2v) is 11.0. The molecule has 0 unspecified atom stereocenters. The molecule has 1 saturated heterocycles. The highest BCUT2D eigenvalue weighted by Gasteiger charge is 2.43. The number of likely N-dealkylation sites (tertiary alicyclic amines) is 1. The van der Waals surface area contributed by atoms with Gasteiger partial charge in [0.05, 0.1) is 17.1 Å². The zero-order valence-electron chi connectivity index (χ0n) is 23.3. The van der Waals surface area contributed by atoms with Crippen LogP contribution in [0.1, 0.15) is 45.8 Å². The average molecular weight is 590 g/mol. The lowest BCUT2D eigenvalue weighted by Crippen LogP contribution is -2.39. The minimum absolute atomic E-state index is 0.00284. The molecule has 1 amide bonds. The van der Waals surface area contributed by atoms with Gasteiger partial charge in [-0.3, -0.25) is 9.69 Å². The molecule has 0 radical (unpaired) electrons. The summed E-state index contributed by atoms with van der Waals surface area (Å²) in [5.74, 6) is -1.39. The maximum absolute atomic E-state index is 15.8. The molecule has 3 aromatic carbocycles. The second kappa shape index (κ2) is 10.3. The Labute approximate surface area is 244 Å². The van der Waals surface area contributed by atoms with E-state index in [1.165, 1.54) is 23.1 Å². The van der Waals surface area contributed by atoms with Gasteiger partial charge in [0.15, 0.2) is 11.3 Å². The van der Waals surface area contributed by atoms with Gasteiger partial charge in [-0.2, -0.15) is 18.3 Å². The van der Waals surface area contributed by atoms with Crippen molar-refractivity contribution in [2.45, 2.75) is 38.9 Å². The molecular weight excluding hydrogens is 562 g/mol. The van der Waals surface area contributed by atoms with Crippen LogP contribution in [0.15, 0.2) is 65.2 Å². The molecule has 0 saturated carbocycles. The van der Waals surface area contributed by atoms with Crippen LogP contribution in [-0.2, 0) is 19.1 Å². The summed E-state index contributed by atoms with van der Waals surface area (Å²) in [7, 11) is 0. The molecule has 2 aromatic heterocycles. The van der Waals surface area contributed by atoms with Gasteiger partial charge in [-0.25, -0.2) is 9.07 Å². The molecule has 7 rings (SSSR count). The molecule has 4 heterocycles. The maximum atomic E-state index is 15.8. The van der Waals surface area contributed by atoms with Crippen molar-refractivity contribution >= 4 is 22.6 Å². The molecular formula is C32H27F4N5O2. The number of rotatable bonds is 5. The Morgan fingerprint density at radius 1 is 0.977 bits per heavy atom. The van der Waals surface area contributed by atoms with Gasteiger partial charge in [-0.15, -0.1) is 0 Å². The van der Waals surface area contributed by atoms with E-state index in [-0.39, 0.29) is 35.6 Å². The molecule has 0 spiro atoms. The van der Waals surface area contributed by atoms with E-state index in [1.54, 1.807) is 25.1 Å². The average Bonchev–Trinajstić information content (AvgIpc) is 3.73. The van der Waals surface area contributed by atoms with Crippen LogP contribution >= 0.6 is 0 Å². The van der Waals surface area contributed by atoms with Crippen molar-refractivity contribution in [1.82, 2.24) is 19.8 Å². The topological polar surface area (TPSA) is 67.4 Å². The minimum atomic E-state index is -4.77. The first-order valence-corrected chi connectivity index (χ1v) is 14.2. The molecule has 7 nitrogen and oxygen atoms in total. The Morgan fingerprint density at radius 3 is 2.53 bits per heavy atom. The molecule has 220 valence electrons. The molecule has 1 fully saturated rings. The Hall–Kier alpha value is -4.51. The van der Waals surface area contributed by atoms with Gasteiger partial charge in [0.2, 0.25) is 0 Å². The highest BCUT2D eigenvalue weighted by atomic mass is 19.4. The second-order valence-electron chi connectivity index (χ2n) is 11.0. The summed E-state index contributed by atoms with van der Waals surface area (Å²) in [4.78, 5) is 17.4. The number of hydrogen-bond donors (Lipinski definition) is 0. The molecule has 2 aliphatic rings. The van der Waals surface area contributed by atoms with E-state index in [1.807, 2.05) is 24.3 Å². The SMILES string of the molecule is Cc1noc2ccc(-n3nc(C(F)(F)F)c4c3C(=O)N(c3ccc(-c5ccccc5CN5CCCC5)cc3F)CC4)cc12. The molecule has 0 bridgehead atoms. The highest BCUT2D eigenvalue weighted by Crippen LogP contribution is 2.38. The monoisotopic (exact) mass is 589 g/mol. The van der Waals surface area contributed by atoms with Crippen molar-refractivity contribution in [2.75, 3.05) is 24.5 Å². The molecule has 2 aliphatic heterocycles. The first-order chi connectivity index (χ1) is 20.7. The van der Waals surface area contributed by atoms with E-state index in [2.05, 4.69) is 15.2 Å². The first-order valence-electron chi connectivity index (χ1n) is 14.2. The Bertz CT molecular complexity index is 1870. The van der Waals surface area contributed by atoms with Crippen molar-refractivity contribution in [2.24, 2.45) is 0 Å². The van der Waals surface area contributed by atoms with Crippen LogP contribution in [0.2, 0.25) is 0 Å². The standard InChI is InChI=1S/C32H27F4N5O2/c1-19-25-17-22(9-11-28(25)43-38-19)41-29-24(30(37-41)32(34,35)36)12-15-40(31(29)42)27-10-8-20(16-26(27)33)23-7-3-2-6-21(23)18-39-13-4-5-14-39/h2-3,6-11,16-17H,4-5,12-15,18H2,1H3. The maximum Gasteiger partial charge on any atom is 0.435 e. The predicted octanol–water partition coefficient (Wildman–Crippen LogP) is 6.95. The molecule has 0 atom stereocenters. The largest absolute Gasteiger partial charge is 0.435 e. The fourth-order valence-electron chi connectivity index (χ4n) is 6.20. The van der Waals surface area contributed by atoms with Gasteiger partial charge < -0.3 is 9.42 Å². The Kier molecular flexibility index (Phi) is 6.57. The summed E-state index contributed by atoms with van der Waals surface area (Å²) < 4.78 is 64.2. The van der Waals surface area contributed by atoms with Crippen LogP contribution in [0.5, 0.6) is 0 Å². The number of aromatic nitrogens is 3. The zero-order chi connectivity index (χ0) is 29.9. The fourth-order valence-corrected chi connectivity index (χ4v) is 6.20. The number of amides is 1. The van der Waals surface area contributed by atoms with Crippen LogP contribution in [0.25, 0.3) is 27.8 Å². The lowest BCUT2D eigenvalue weighted by atomic mass is 9.98. The van der Waals surface area contributed by atoms with Crippen LogP contribution in [0, 0.1) is 12.7 Å². The van der Waals surface area contributed by atoms with E-state index in [0.717, 1.165) is 48.3 Å². The first kappa shape index (κ1) is 27.3. The van der Waals surface area contributed by atoms with Gasteiger partial charge in [-0.05, 0) is 86.3 Å². The normalized spacial score (nSPS) is 15.9. The molecule has 43 heavy (non-hydrogen) atoms. The van der Waals surface area contributed by atoms with Gasteiger partial charge in [0, 0.05) is 24.0 Å². The zero-order valence-corrected chi connectivity index (χ0v) is 23.3. The number of carbonyl (C=O) groups excluding carboxylic acids is 1. The van der Waals surface area contributed by atoms with E-state index in [9.17, 15) is 18.0 Å². The molecule has 11 heteroatoms. The summed E-state index contributed by atoms with van der Waals surface area (Å²) in [5, 5.41) is 8.34. The lowest BCUT2D eigenvalue weighted by molar-refractivity contribution is -0.141. The summed E-state index contributed by atoms with van der Waals surface area (Å²) in [6, 6.07) is 17.2. The minimum Gasteiger partial charge on any atom is -0.356 e. The summed E-state index contributed by atoms with van der Waals surface area (Å²) >= 11 is 0. The van der Waals surface area contributed by atoms with E-state index < -0.39 is 23.6 Å². The van der Waals surface area contributed by atoms with Crippen LogP contribution in [0.4, 0.5) is 23.2 Å². The van der Waals surface area contributed by atoms with Gasteiger partial charge in [0.25, 0.3) is 5.91 Å². The third-order valence-corrected chi connectivity index (χ3v) is 8.32. The molecule has 0 N–H and O–H groups in total. The summed E-state index contributed by atoms with van der Waals surface area (Å²) in [6.07, 6.45) is -2.58. The third-order valence-electron chi connectivity index (χ3n) is 8.32. The number of carbonyl (C=O) groups is 1. The fraction of sp³-hybridized carbons (Fsp3) is 0.281. The van der Waals surface area contributed by atoms with Crippen molar-refractivity contribution < 1.29 is 26.9 Å². The summed E-state index contributed by atoms with van der Waals surface area (Å²) in [5.41, 5.74) is 2.33. The number of anilines is 1. The summed E-state index contributed by atoms with van der Waals surface area (Å²) in [6.45, 7) is 4.41. The number of benzene rings is 3. The van der Waals surface area contributed by atoms with Gasteiger partial charge >= 0.3 is 6.18 Å². The van der Waals surface area contributed by atoms with E-state index >= 15 is 4.39 Å². The number of fused-ring (bicyclic) bond motifs is 2. The number of alkyl halides is 3. The number of hydrogen-bond acceptors (Lipinski definition) is 5. The third kappa shape index (κ3) is 4.77. The van der Waals surface area contributed by atoms with Crippen LogP contribution in [-0.4, -0.2) is 45.4 Å². The number of aryl methyl sites for hydroxylation is 1. The van der Waals surface area contributed by atoms with E-state index in [0.29, 0.717) is 22.2 Å². The predicted molar refractivity (Wildman–Crippen MR) is 153 cm³/mol. The van der Waals surface area contributed by atoms with Crippen molar-refractivity contribution in [3.05, 3.63) is 94.7 Å². The van der Waals surface area contributed by atoms with Gasteiger partial charge in [0.1, 0.15) is 11.5 Å². The van der Waals surface area contributed by atoms with Crippen LogP contribution in [0.3, 0.4) is 0 Å². The molecule has 5 aromatic rings. The van der Waals surface area contributed by atoms with Crippen molar-refractivity contribution in [3.63, 3.8) is 0 Å². The quantitative estimate of drug-likeness (QED) is 0.208. The number of nitrogens with zero attached hydrogens (tertiary/aromatic N) is 5. The van der Waals surface area contributed by atoms with Gasteiger partial charge in [-0.1, -0.05) is 35.5 Å².